The second-order valence-corrected chi connectivity index (χ2v) is 9.61. The van der Waals surface area contributed by atoms with Crippen LogP contribution in [-0.2, 0) is 16.6 Å². The van der Waals surface area contributed by atoms with Crippen LogP contribution in [0, 0.1) is 5.82 Å². The Morgan fingerprint density at radius 2 is 2.00 bits per heavy atom. The minimum atomic E-state index is -0.260. The van der Waals surface area contributed by atoms with Gasteiger partial charge in [-0.05, 0) is 68.5 Å². The number of rotatable bonds is 6. The first-order valence-corrected chi connectivity index (χ1v) is 11.3. The third kappa shape index (κ3) is 4.23. The molecular weight excluding hydrogens is 381 g/mol. The molecule has 1 spiro atoms. The fourth-order valence-electron chi connectivity index (χ4n) is 5.06. The first kappa shape index (κ1) is 19.4. The molecule has 3 heterocycles. The minimum absolute atomic E-state index is 0.00946. The summed E-state index contributed by atoms with van der Waals surface area (Å²) in [6.45, 7) is 0.788. The Morgan fingerprint density at radius 3 is 2.70 bits per heavy atom. The van der Waals surface area contributed by atoms with E-state index in [0.717, 1.165) is 68.7 Å². The Hall–Kier alpha value is -0.970. The molecule has 0 aromatic carbocycles. The predicted octanol–water partition coefficient (Wildman–Crippen LogP) is 6.71. The van der Waals surface area contributed by atoms with Crippen molar-refractivity contribution < 1.29 is 9.13 Å². The summed E-state index contributed by atoms with van der Waals surface area (Å²) in [6.07, 6.45) is 12.6. The molecule has 146 valence electrons. The van der Waals surface area contributed by atoms with Gasteiger partial charge in [0.25, 0.3) is 0 Å². The third-order valence-corrected chi connectivity index (χ3v) is 7.88. The summed E-state index contributed by atoms with van der Waals surface area (Å²) in [5.74, 6) is -0.260. The fraction of sp³-hybridized carbons (Fsp3) is 0.591. The lowest BCUT2D eigenvalue weighted by Gasteiger charge is -2.46. The van der Waals surface area contributed by atoms with Crippen molar-refractivity contribution >= 4 is 22.9 Å². The van der Waals surface area contributed by atoms with Crippen LogP contribution in [0.1, 0.15) is 68.4 Å². The van der Waals surface area contributed by atoms with E-state index >= 15 is 0 Å². The van der Waals surface area contributed by atoms with Gasteiger partial charge in [0.05, 0.1) is 16.8 Å². The van der Waals surface area contributed by atoms with Gasteiger partial charge in [0.15, 0.2) is 0 Å². The number of ether oxygens (including phenoxy) is 1. The van der Waals surface area contributed by atoms with Gasteiger partial charge in [-0.2, -0.15) is 0 Å². The molecular formula is C22H27ClFNOS. The largest absolute Gasteiger partial charge is 0.375 e. The number of hydrogen-bond donors (Lipinski definition) is 0. The summed E-state index contributed by atoms with van der Waals surface area (Å²) in [5, 5.41) is 2.95. The van der Waals surface area contributed by atoms with Crippen molar-refractivity contribution in [1.29, 1.82) is 0 Å². The van der Waals surface area contributed by atoms with Crippen molar-refractivity contribution in [3.05, 3.63) is 51.2 Å². The summed E-state index contributed by atoms with van der Waals surface area (Å²) in [7, 11) is 0. The highest BCUT2D eigenvalue weighted by atomic mass is 35.5. The van der Waals surface area contributed by atoms with Gasteiger partial charge in [0, 0.05) is 22.6 Å². The molecule has 1 unspecified atom stereocenters. The molecule has 2 aromatic heterocycles. The van der Waals surface area contributed by atoms with Crippen LogP contribution in [0.3, 0.4) is 0 Å². The number of aryl methyl sites for hydroxylation is 1. The standard InChI is InChI=1S/C22H27ClFNOS/c23-18-8-14-27-19(18)5-1-2-9-21(20-7-6-17(24)15-25-20)12-13-26-22(16-21)10-3-4-11-22/h6-8,14-15H,1-5,9-13,16H2. The van der Waals surface area contributed by atoms with Crippen LogP contribution in [0.2, 0.25) is 5.02 Å². The van der Waals surface area contributed by atoms with E-state index in [-0.39, 0.29) is 16.8 Å². The highest BCUT2D eigenvalue weighted by Gasteiger charge is 2.48. The molecule has 1 saturated heterocycles. The Morgan fingerprint density at radius 1 is 1.15 bits per heavy atom. The Bertz CT molecular complexity index is 756. The van der Waals surface area contributed by atoms with Gasteiger partial charge in [0.1, 0.15) is 5.82 Å². The summed E-state index contributed by atoms with van der Waals surface area (Å²) in [6, 6.07) is 5.44. The van der Waals surface area contributed by atoms with Crippen molar-refractivity contribution in [1.82, 2.24) is 4.98 Å². The lowest BCUT2D eigenvalue weighted by Crippen LogP contribution is -2.46. The summed E-state index contributed by atoms with van der Waals surface area (Å²) in [4.78, 5) is 5.80. The molecule has 5 heteroatoms. The zero-order valence-electron chi connectivity index (χ0n) is 15.7. The van der Waals surface area contributed by atoms with Crippen molar-refractivity contribution in [3.63, 3.8) is 0 Å². The second-order valence-electron chi connectivity index (χ2n) is 8.21. The highest BCUT2D eigenvalue weighted by Crippen LogP contribution is 2.50. The zero-order chi connectivity index (χ0) is 18.7. The van der Waals surface area contributed by atoms with Gasteiger partial charge in [0.2, 0.25) is 0 Å². The third-order valence-electron chi connectivity index (χ3n) is 6.44. The van der Waals surface area contributed by atoms with Crippen LogP contribution in [0.25, 0.3) is 0 Å². The first-order chi connectivity index (χ1) is 13.1. The quantitative estimate of drug-likeness (QED) is 0.496. The zero-order valence-corrected chi connectivity index (χ0v) is 17.3. The van der Waals surface area contributed by atoms with Crippen LogP contribution in [0.4, 0.5) is 4.39 Å². The molecule has 2 aliphatic rings. The fourth-order valence-corrected chi connectivity index (χ4v) is 6.24. The summed E-state index contributed by atoms with van der Waals surface area (Å²) in [5.41, 5.74) is 1.08. The lowest BCUT2D eigenvalue weighted by atomic mass is 9.67. The van der Waals surface area contributed by atoms with E-state index in [4.69, 9.17) is 16.3 Å². The van der Waals surface area contributed by atoms with Gasteiger partial charge < -0.3 is 4.74 Å². The maximum atomic E-state index is 13.5. The number of unbranched alkanes of at least 4 members (excludes halogenated alkanes) is 1. The minimum Gasteiger partial charge on any atom is -0.375 e. The van der Waals surface area contributed by atoms with Crippen molar-refractivity contribution in [2.24, 2.45) is 0 Å². The average molecular weight is 408 g/mol. The van der Waals surface area contributed by atoms with Gasteiger partial charge in [-0.25, -0.2) is 4.39 Å². The molecule has 1 aliphatic heterocycles. The molecule has 0 bridgehead atoms. The van der Waals surface area contributed by atoms with E-state index in [9.17, 15) is 4.39 Å². The summed E-state index contributed by atoms with van der Waals surface area (Å²) >= 11 is 7.98. The van der Waals surface area contributed by atoms with E-state index < -0.39 is 0 Å². The molecule has 2 aromatic rings. The number of pyridine rings is 1. The second kappa shape index (κ2) is 8.18. The molecule has 0 N–H and O–H groups in total. The molecule has 0 radical (unpaired) electrons. The van der Waals surface area contributed by atoms with E-state index in [1.165, 1.54) is 23.9 Å². The van der Waals surface area contributed by atoms with Crippen molar-refractivity contribution in [3.8, 4) is 0 Å². The maximum absolute atomic E-state index is 13.5. The van der Waals surface area contributed by atoms with Gasteiger partial charge in [-0.1, -0.05) is 30.9 Å². The molecule has 0 amide bonds. The molecule has 1 atom stereocenters. The highest BCUT2D eigenvalue weighted by molar-refractivity contribution is 7.10. The van der Waals surface area contributed by atoms with Gasteiger partial charge in [-0.15, -0.1) is 11.3 Å². The van der Waals surface area contributed by atoms with E-state index in [1.807, 2.05) is 12.1 Å². The average Bonchev–Trinajstić information content (AvgIpc) is 3.28. The number of nitrogens with zero attached hydrogens (tertiary/aromatic N) is 1. The predicted molar refractivity (Wildman–Crippen MR) is 109 cm³/mol. The first-order valence-electron chi connectivity index (χ1n) is 10.1. The van der Waals surface area contributed by atoms with E-state index in [0.29, 0.717) is 0 Å². The van der Waals surface area contributed by atoms with Gasteiger partial charge in [-0.3, -0.25) is 4.98 Å². The smallest absolute Gasteiger partial charge is 0.141 e. The number of hydrogen-bond acceptors (Lipinski definition) is 3. The molecule has 4 rings (SSSR count). The molecule has 1 aliphatic carbocycles. The van der Waals surface area contributed by atoms with E-state index in [1.54, 1.807) is 17.4 Å². The SMILES string of the molecule is Fc1ccc(C2(CCCCc3sccc3Cl)CCOC3(CCCC3)C2)nc1. The van der Waals surface area contributed by atoms with E-state index in [2.05, 4.69) is 10.4 Å². The van der Waals surface area contributed by atoms with Crippen LogP contribution < -0.4 is 0 Å². The molecule has 1 saturated carbocycles. The Labute approximate surface area is 170 Å². The normalized spacial score (nSPS) is 24.5. The lowest BCUT2D eigenvalue weighted by molar-refractivity contribution is -0.104. The van der Waals surface area contributed by atoms with Crippen LogP contribution >= 0.6 is 22.9 Å². The molecule has 27 heavy (non-hydrogen) atoms. The van der Waals surface area contributed by atoms with Gasteiger partial charge >= 0.3 is 0 Å². The molecule has 2 nitrogen and oxygen atoms in total. The topological polar surface area (TPSA) is 22.1 Å². The Balaban J connectivity index is 1.49. The van der Waals surface area contributed by atoms with Crippen molar-refractivity contribution in [2.75, 3.05) is 6.61 Å². The number of thiophene rings is 1. The van der Waals surface area contributed by atoms with Crippen LogP contribution in [0.5, 0.6) is 0 Å². The van der Waals surface area contributed by atoms with Crippen LogP contribution in [0.15, 0.2) is 29.8 Å². The number of aromatic nitrogens is 1. The number of halogens is 2. The maximum Gasteiger partial charge on any atom is 0.141 e. The monoisotopic (exact) mass is 407 g/mol. The Kier molecular flexibility index (Phi) is 5.86. The summed E-state index contributed by atoms with van der Waals surface area (Å²) < 4.78 is 19.8. The van der Waals surface area contributed by atoms with Crippen molar-refractivity contribution in [2.45, 2.75) is 75.2 Å². The van der Waals surface area contributed by atoms with Crippen LogP contribution in [-0.4, -0.2) is 17.2 Å². The molecule has 2 fully saturated rings.